The molecule has 0 atom stereocenters. The van der Waals surface area contributed by atoms with Gasteiger partial charge < -0.3 is 14.6 Å². The molecule has 4 bridgehead atoms. The molecule has 2 aromatic rings. The molecule has 0 unspecified atom stereocenters. The summed E-state index contributed by atoms with van der Waals surface area (Å²) in [6.07, 6.45) is 9.40. The molecule has 1 aromatic carbocycles. The maximum absolute atomic E-state index is 12.4. The number of nitrogens with zero attached hydrogens (tertiary/aromatic N) is 3. The number of hydrogen-bond donors (Lipinski definition) is 1. The maximum atomic E-state index is 12.4. The lowest BCUT2D eigenvalue weighted by molar-refractivity contribution is -0.113. The van der Waals surface area contributed by atoms with Crippen molar-refractivity contribution in [2.75, 3.05) is 17.7 Å². The quantitative estimate of drug-likeness (QED) is 0.454. The Morgan fingerprint density at radius 2 is 1.73 bits per heavy atom. The molecule has 4 saturated carbocycles. The lowest BCUT2D eigenvalue weighted by Crippen LogP contribution is -2.47. The number of thioether (sulfide) groups is 1. The van der Waals surface area contributed by atoms with E-state index >= 15 is 0 Å². The summed E-state index contributed by atoms with van der Waals surface area (Å²) in [6.45, 7) is 2.11. The molecule has 4 fully saturated rings. The summed E-state index contributed by atoms with van der Waals surface area (Å²) in [7, 11) is 2.02. The second-order valence-corrected chi connectivity index (χ2v) is 11.1. The van der Waals surface area contributed by atoms with E-state index in [9.17, 15) is 9.59 Å². The Kier molecular flexibility index (Phi) is 6.20. The minimum Gasteiger partial charge on any atom is -0.462 e. The van der Waals surface area contributed by atoms with Crippen LogP contribution in [-0.2, 0) is 23.0 Å². The van der Waals surface area contributed by atoms with Crippen LogP contribution < -0.4 is 5.32 Å². The molecule has 1 amide bonds. The highest BCUT2D eigenvalue weighted by molar-refractivity contribution is 7.99. The number of rotatable bonds is 8. The van der Waals surface area contributed by atoms with Crippen molar-refractivity contribution in [3.63, 3.8) is 0 Å². The number of benzene rings is 1. The summed E-state index contributed by atoms with van der Waals surface area (Å²) < 4.78 is 7.06. The predicted octanol–water partition coefficient (Wildman–Crippen LogP) is 4.48. The van der Waals surface area contributed by atoms with E-state index in [4.69, 9.17) is 4.74 Å². The van der Waals surface area contributed by atoms with E-state index in [1.165, 1.54) is 50.3 Å². The van der Waals surface area contributed by atoms with Gasteiger partial charge in [-0.2, -0.15) is 0 Å². The molecule has 0 radical (unpaired) electrons. The second-order valence-electron chi connectivity index (χ2n) is 10.2. The molecule has 1 heterocycles. The Labute approximate surface area is 199 Å². The first-order chi connectivity index (χ1) is 15.9. The molecule has 0 aliphatic heterocycles. The van der Waals surface area contributed by atoms with Crippen LogP contribution in [0.2, 0.25) is 0 Å². The van der Waals surface area contributed by atoms with E-state index in [0.717, 1.165) is 35.2 Å². The van der Waals surface area contributed by atoms with Crippen molar-refractivity contribution < 1.29 is 14.3 Å². The van der Waals surface area contributed by atoms with Crippen molar-refractivity contribution in [3.05, 3.63) is 35.7 Å². The van der Waals surface area contributed by atoms with Gasteiger partial charge in [0.15, 0.2) is 5.16 Å². The van der Waals surface area contributed by atoms with Crippen LogP contribution in [0.25, 0.3) is 0 Å². The molecular weight excluding hydrogens is 436 g/mol. The number of anilines is 1. The summed E-state index contributed by atoms with van der Waals surface area (Å²) >= 11 is 1.41. The normalized spacial score (nSPS) is 27.5. The lowest BCUT2D eigenvalue weighted by Gasteiger charge is -2.56. The van der Waals surface area contributed by atoms with Crippen LogP contribution in [0.5, 0.6) is 0 Å². The smallest absolute Gasteiger partial charge is 0.338 e. The van der Waals surface area contributed by atoms with Gasteiger partial charge in [0.2, 0.25) is 5.91 Å². The molecule has 4 aliphatic rings. The van der Waals surface area contributed by atoms with Crippen LogP contribution in [0.4, 0.5) is 5.69 Å². The highest BCUT2D eigenvalue weighted by atomic mass is 32.2. The molecule has 6 rings (SSSR count). The van der Waals surface area contributed by atoms with Gasteiger partial charge in [-0.25, -0.2) is 4.79 Å². The SMILES string of the molecule is CCOC(=O)c1ccc(NC(=O)CSc2nnc(CC34CC5CC(CC(C5)C3)C4)n2C)cc1. The molecule has 8 heteroatoms. The molecule has 1 aromatic heterocycles. The van der Waals surface area contributed by atoms with Gasteiger partial charge in [0.1, 0.15) is 5.82 Å². The molecule has 0 spiro atoms. The van der Waals surface area contributed by atoms with Crippen LogP contribution in [0.15, 0.2) is 29.4 Å². The van der Waals surface area contributed by atoms with Crippen molar-refractivity contribution >= 4 is 29.3 Å². The second kappa shape index (κ2) is 9.12. The van der Waals surface area contributed by atoms with Crippen molar-refractivity contribution in [3.8, 4) is 0 Å². The summed E-state index contributed by atoms with van der Waals surface area (Å²) in [5, 5.41) is 12.5. The summed E-state index contributed by atoms with van der Waals surface area (Å²) in [5.74, 6) is 3.60. The molecular formula is C25H32N4O3S. The maximum Gasteiger partial charge on any atom is 0.338 e. The fraction of sp³-hybridized carbons (Fsp3) is 0.600. The minimum absolute atomic E-state index is 0.116. The first-order valence-electron chi connectivity index (χ1n) is 12.0. The average Bonchev–Trinajstić information content (AvgIpc) is 3.10. The van der Waals surface area contributed by atoms with Crippen LogP contribution in [-0.4, -0.2) is 39.0 Å². The van der Waals surface area contributed by atoms with Gasteiger partial charge in [-0.05, 0) is 92.9 Å². The molecule has 33 heavy (non-hydrogen) atoms. The monoisotopic (exact) mass is 468 g/mol. The van der Waals surface area contributed by atoms with Crippen molar-refractivity contribution in [1.82, 2.24) is 14.8 Å². The number of aromatic nitrogens is 3. The van der Waals surface area contributed by atoms with Crippen LogP contribution in [0.1, 0.15) is 61.6 Å². The third-order valence-electron chi connectivity index (χ3n) is 7.64. The third-order valence-corrected chi connectivity index (χ3v) is 8.66. The minimum atomic E-state index is -0.363. The number of esters is 1. The Morgan fingerprint density at radius 3 is 2.33 bits per heavy atom. The Bertz CT molecular complexity index is 997. The molecule has 4 aliphatic carbocycles. The molecule has 0 saturated heterocycles. The highest BCUT2D eigenvalue weighted by Gasteiger charge is 2.51. The van der Waals surface area contributed by atoms with Gasteiger partial charge in [0.05, 0.1) is 17.9 Å². The fourth-order valence-electron chi connectivity index (χ4n) is 6.70. The zero-order valence-corrected chi connectivity index (χ0v) is 20.2. The standard InChI is InChI=1S/C25H32N4O3S/c1-3-32-23(31)19-4-6-20(7-5-19)26-22(30)15-33-24-28-27-21(29(24)2)14-25-11-16-8-17(12-25)10-18(9-16)13-25/h4-7,16-18H,3,8-15H2,1-2H3,(H,26,30). The van der Waals surface area contributed by atoms with Gasteiger partial charge in [0.25, 0.3) is 0 Å². The number of carbonyl (C=O) groups excluding carboxylic acids is 2. The van der Waals surface area contributed by atoms with Crippen LogP contribution in [0, 0.1) is 23.2 Å². The lowest BCUT2D eigenvalue weighted by atomic mass is 9.49. The van der Waals surface area contributed by atoms with E-state index in [1.807, 2.05) is 7.05 Å². The first-order valence-corrected chi connectivity index (χ1v) is 13.0. The van der Waals surface area contributed by atoms with Gasteiger partial charge in [-0.3, -0.25) is 4.79 Å². The van der Waals surface area contributed by atoms with E-state index in [1.54, 1.807) is 31.2 Å². The molecule has 7 nitrogen and oxygen atoms in total. The van der Waals surface area contributed by atoms with Crippen molar-refractivity contribution in [2.24, 2.45) is 30.2 Å². The van der Waals surface area contributed by atoms with E-state index in [2.05, 4.69) is 20.1 Å². The van der Waals surface area contributed by atoms with E-state index < -0.39 is 0 Å². The van der Waals surface area contributed by atoms with Gasteiger partial charge >= 0.3 is 5.97 Å². The summed E-state index contributed by atoms with van der Waals surface area (Å²) in [4.78, 5) is 24.2. The highest BCUT2D eigenvalue weighted by Crippen LogP contribution is 2.60. The van der Waals surface area contributed by atoms with Crippen LogP contribution >= 0.6 is 11.8 Å². The van der Waals surface area contributed by atoms with Gasteiger partial charge in [0, 0.05) is 19.2 Å². The third kappa shape index (κ3) is 4.81. The topological polar surface area (TPSA) is 86.1 Å². The summed E-state index contributed by atoms with van der Waals surface area (Å²) in [6, 6.07) is 6.72. The Balaban J connectivity index is 1.15. The first kappa shape index (κ1) is 22.4. The number of nitrogens with one attached hydrogen (secondary N) is 1. The van der Waals surface area contributed by atoms with E-state index in [-0.39, 0.29) is 17.6 Å². The zero-order chi connectivity index (χ0) is 23.0. The molecule has 1 N–H and O–H groups in total. The summed E-state index contributed by atoms with van der Waals surface area (Å²) in [5.41, 5.74) is 1.54. The number of amides is 1. The van der Waals surface area contributed by atoms with Crippen molar-refractivity contribution in [1.29, 1.82) is 0 Å². The number of ether oxygens (including phenoxy) is 1. The fourth-order valence-corrected chi connectivity index (χ4v) is 7.43. The number of hydrogen-bond acceptors (Lipinski definition) is 6. The average molecular weight is 469 g/mol. The number of carbonyl (C=O) groups is 2. The van der Waals surface area contributed by atoms with Gasteiger partial charge in [-0.1, -0.05) is 11.8 Å². The predicted molar refractivity (Wildman–Crippen MR) is 127 cm³/mol. The van der Waals surface area contributed by atoms with Gasteiger partial charge in [-0.15, -0.1) is 10.2 Å². The zero-order valence-electron chi connectivity index (χ0n) is 19.4. The van der Waals surface area contributed by atoms with Crippen LogP contribution in [0.3, 0.4) is 0 Å². The Hall–Kier alpha value is -2.35. The largest absolute Gasteiger partial charge is 0.462 e. The molecule has 176 valence electrons. The van der Waals surface area contributed by atoms with Crippen molar-refractivity contribution in [2.45, 2.75) is 57.0 Å². The Morgan fingerprint density at radius 1 is 1.09 bits per heavy atom. The van der Waals surface area contributed by atoms with E-state index in [0.29, 0.717) is 23.3 Å².